The van der Waals surface area contributed by atoms with Gasteiger partial charge in [-0.15, -0.1) is 0 Å². The van der Waals surface area contributed by atoms with Crippen LogP contribution in [0, 0.1) is 30.9 Å². The first kappa shape index (κ1) is 21.9. The van der Waals surface area contributed by atoms with Gasteiger partial charge in [0, 0.05) is 11.6 Å². The maximum absolute atomic E-state index is 11.8. The number of non-ortho nitro benzene ring substituents is 1. The van der Waals surface area contributed by atoms with Crippen molar-refractivity contribution in [2.75, 3.05) is 0 Å². The predicted molar refractivity (Wildman–Crippen MR) is 123 cm³/mol. The van der Waals surface area contributed by atoms with E-state index in [4.69, 9.17) is 4.52 Å². The molecule has 33 heavy (non-hydrogen) atoms. The number of hydrogen-bond donors (Lipinski definition) is 0. The Labute approximate surface area is 189 Å². The average molecular weight is 445 g/mol. The van der Waals surface area contributed by atoms with E-state index in [0.29, 0.717) is 22.5 Å². The van der Waals surface area contributed by atoms with Gasteiger partial charge in [-0.05, 0) is 51.0 Å². The molecule has 0 aliphatic carbocycles. The fraction of sp³-hybridized carbons (Fsp3) is 0.208. The lowest BCUT2D eigenvalue weighted by atomic mass is 10.0. The van der Waals surface area contributed by atoms with Gasteiger partial charge in [-0.1, -0.05) is 40.6 Å². The number of fused-ring (bicyclic) bond motifs is 1. The van der Waals surface area contributed by atoms with Crippen molar-refractivity contribution in [2.24, 2.45) is 0 Å². The van der Waals surface area contributed by atoms with E-state index in [-0.39, 0.29) is 16.7 Å². The Morgan fingerprint density at radius 3 is 2.39 bits per heavy atom. The molecule has 0 radical (unpaired) electrons. The van der Waals surface area contributed by atoms with Crippen LogP contribution in [0.15, 0.2) is 70.0 Å². The lowest BCUT2D eigenvalue weighted by Crippen LogP contribution is -2.08. The number of nitrogens with zero attached hydrogens (tertiary/aromatic N) is 5. The minimum absolute atomic E-state index is 0.0189. The predicted octanol–water partition coefficient (Wildman–Crippen LogP) is 5.81. The van der Waals surface area contributed by atoms with E-state index in [2.05, 4.69) is 26.7 Å². The van der Waals surface area contributed by atoms with Crippen molar-refractivity contribution in [3.8, 4) is 11.1 Å². The number of aromatic nitrogens is 4. The summed E-state index contributed by atoms with van der Waals surface area (Å²) in [5.41, 5.74) is 4.38. The van der Waals surface area contributed by atoms with Crippen LogP contribution in [0.1, 0.15) is 35.8 Å². The summed E-state index contributed by atoms with van der Waals surface area (Å²) in [6, 6.07) is 15.2. The molecule has 0 saturated carbocycles. The minimum atomic E-state index is -0.381. The van der Waals surface area contributed by atoms with Gasteiger partial charge in [0.05, 0.1) is 28.4 Å². The van der Waals surface area contributed by atoms with Crippen LogP contribution >= 0.6 is 0 Å². The monoisotopic (exact) mass is 445 g/mol. The summed E-state index contributed by atoms with van der Waals surface area (Å²) in [6.45, 7) is 7.58. The molecule has 3 heterocycles. The van der Waals surface area contributed by atoms with Crippen molar-refractivity contribution < 1.29 is 14.0 Å². The number of benzene rings is 2. The summed E-state index contributed by atoms with van der Waals surface area (Å²) in [6.07, 6.45) is 3.10. The van der Waals surface area contributed by atoms with Gasteiger partial charge in [-0.3, -0.25) is 10.1 Å². The largest absolute Gasteiger partial charge is 0.365 e. The molecule has 0 saturated heterocycles. The van der Waals surface area contributed by atoms with E-state index < -0.39 is 0 Å². The van der Waals surface area contributed by atoms with Crippen LogP contribution in [0.2, 0.25) is 0 Å². The molecule has 9 heteroatoms. The number of nitro groups is 1. The van der Waals surface area contributed by atoms with E-state index in [1.165, 1.54) is 6.26 Å². The van der Waals surface area contributed by atoms with Crippen LogP contribution in [0.4, 0.5) is 5.69 Å². The molecule has 2 aromatic carbocycles. The lowest BCUT2D eigenvalue weighted by molar-refractivity contribution is -0.383. The number of aryl methyl sites for hydroxylation is 3. The van der Waals surface area contributed by atoms with E-state index in [9.17, 15) is 10.1 Å². The van der Waals surface area contributed by atoms with Gasteiger partial charge < -0.3 is 13.6 Å². The second-order valence-corrected chi connectivity index (χ2v) is 7.62. The highest BCUT2D eigenvalue weighted by Gasteiger charge is 2.25. The Bertz CT molecular complexity index is 1350. The van der Waals surface area contributed by atoms with Crippen LogP contribution in [-0.4, -0.2) is 24.8 Å². The van der Waals surface area contributed by atoms with Gasteiger partial charge in [0.2, 0.25) is 0 Å². The zero-order chi connectivity index (χ0) is 23.5. The quantitative estimate of drug-likeness (QED) is 0.253. The highest BCUT2D eigenvalue weighted by atomic mass is 16.6. The van der Waals surface area contributed by atoms with Crippen molar-refractivity contribution in [1.82, 2.24) is 19.9 Å². The summed E-state index contributed by atoms with van der Waals surface area (Å²) < 4.78 is 11.6. The van der Waals surface area contributed by atoms with E-state index in [0.717, 1.165) is 22.5 Å². The maximum atomic E-state index is 11.8. The van der Waals surface area contributed by atoms with E-state index in [1.807, 2.05) is 54.8 Å². The number of imidazole rings is 1. The first-order chi connectivity index (χ1) is 15.9. The highest BCUT2D eigenvalue weighted by Crippen LogP contribution is 2.37. The summed E-state index contributed by atoms with van der Waals surface area (Å²) in [5, 5.41) is 19.1. The third kappa shape index (κ3) is 4.25. The Kier molecular flexibility index (Phi) is 6.03. The molecule has 0 aliphatic rings. The second-order valence-electron chi connectivity index (χ2n) is 7.62. The van der Waals surface area contributed by atoms with Gasteiger partial charge in [-0.25, -0.2) is 4.98 Å². The molecule has 0 fully saturated rings. The molecule has 0 aliphatic heterocycles. The molecule has 0 bridgehead atoms. The molecule has 3 aromatic heterocycles. The van der Waals surface area contributed by atoms with Gasteiger partial charge in [0.25, 0.3) is 5.69 Å². The molecule has 1 atom stereocenters. The molecule has 168 valence electrons. The Morgan fingerprint density at radius 2 is 1.85 bits per heavy atom. The number of hydrogen-bond acceptors (Lipinski definition) is 7. The average Bonchev–Trinajstić information content (AvgIpc) is 3.55. The minimum Gasteiger partial charge on any atom is -0.365 e. The lowest BCUT2D eigenvalue weighted by Gasteiger charge is -2.17. The fourth-order valence-corrected chi connectivity index (χ4v) is 4.02. The van der Waals surface area contributed by atoms with E-state index in [1.54, 1.807) is 25.3 Å². The summed E-state index contributed by atoms with van der Waals surface area (Å²) >= 11 is 0. The van der Waals surface area contributed by atoms with Crippen LogP contribution in [0.25, 0.3) is 22.2 Å². The Morgan fingerprint density at radius 1 is 1.09 bits per heavy atom. The van der Waals surface area contributed by atoms with Crippen molar-refractivity contribution in [3.05, 3.63) is 93.9 Å². The maximum Gasteiger partial charge on any atom is 0.297 e. The molecule has 0 unspecified atom stereocenters. The first-order valence-electron chi connectivity index (χ1n) is 10.4. The Balaban J connectivity index is 0.000000459. The standard InChI is InChI=1S/C21H20N4O3.C3H3NO/c1-12-20(14(3)28-23-12)17-10-18-21(19(11-17)25(26)27)22-15(4)24(18)13(2)16-8-6-5-7-9-16;1-2-4-5-3-1/h5-11,13H,1-4H3;1-3H/t13-;/m1./s1. The van der Waals surface area contributed by atoms with Crippen molar-refractivity contribution in [3.63, 3.8) is 0 Å². The van der Waals surface area contributed by atoms with Crippen LogP contribution in [-0.2, 0) is 0 Å². The number of rotatable bonds is 4. The molecule has 0 amide bonds. The fourth-order valence-electron chi connectivity index (χ4n) is 4.02. The zero-order valence-electron chi connectivity index (χ0n) is 18.7. The van der Waals surface area contributed by atoms with Crippen LogP contribution < -0.4 is 0 Å². The third-order valence-corrected chi connectivity index (χ3v) is 5.49. The molecule has 5 rings (SSSR count). The van der Waals surface area contributed by atoms with Crippen molar-refractivity contribution >= 4 is 16.7 Å². The van der Waals surface area contributed by atoms with Crippen molar-refractivity contribution in [2.45, 2.75) is 33.7 Å². The van der Waals surface area contributed by atoms with Crippen LogP contribution in [0.3, 0.4) is 0 Å². The highest BCUT2D eigenvalue weighted by molar-refractivity contribution is 5.91. The summed E-state index contributed by atoms with van der Waals surface area (Å²) in [7, 11) is 0. The number of nitro benzene ring substituents is 1. The van der Waals surface area contributed by atoms with Gasteiger partial charge in [0.1, 0.15) is 17.8 Å². The molecule has 0 N–H and O–H groups in total. The van der Waals surface area contributed by atoms with Crippen LogP contribution in [0.5, 0.6) is 0 Å². The smallest absolute Gasteiger partial charge is 0.297 e. The van der Waals surface area contributed by atoms with Gasteiger partial charge >= 0.3 is 0 Å². The molecular weight excluding hydrogens is 422 g/mol. The SMILES string of the molecule is Cc1noc(C)c1-c1cc([N+](=O)[O-])c2nc(C)n([C@H](C)c3ccccc3)c2c1.c1cnoc1. The van der Waals surface area contributed by atoms with E-state index >= 15 is 0 Å². The molecule has 9 nitrogen and oxygen atoms in total. The molecule has 0 spiro atoms. The summed E-state index contributed by atoms with van der Waals surface area (Å²) in [4.78, 5) is 15.9. The van der Waals surface area contributed by atoms with Gasteiger partial charge in [-0.2, -0.15) is 0 Å². The third-order valence-electron chi connectivity index (χ3n) is 5.49. The Hall–Kier alpha value is -4.27. The zero-order valence-corrected chi connectivity index (χ0v) is 18.7. The second kappa shape index (κ2) is 9.07. The molecular formula is C24H23N5O4. The van der Waals surface area contributed by atoms with Gasteiger partial charge in [0.15, 0.2) is 5.52 Å². The van der Waals surface area contributed by atoms with Crippen molar-refractivity contribution in [1.29, 1.82) is 0 Å². The normalized spacial score (nSPS) is 11.8. The summed E-state index contributed by atoms with van der Waals surface area (Å²) in [5.74, 6) is 1.36. The topological polar surface area (TPSA) is 113 Å². The first-order valence-corrected chi connectivity index (χ1v) is 10.4. The molecule has 5 aromatic rings.